The number of nitrogens with zero attached hydrogens (tertiary/aromatic N) is 1. The molecule has 1 aromatic rings. The highest BCUT2D eigenvalue weighted by Gasteiger charge is 2.39. The monoisotopic (exact) mass is 332 g/mol. The first-order valence-electron chi connectivity index (χ1n) is 8.27. The standard InChI is InChI=1S/C18H24N2O4/c1-4-23-17(21)13-9-8-12(11-14(13)18(22)24-5-2)16-15(19-3)7-6-10-20-16/h6-8,10,13-14,19H,4-5,9,11H2,1-3H3/t13-,14-/m0/s1. The fraction of sp³-hybridized carbons (Fsp3) is 0.500. The number of ether oxygens (including phenoxy) is 2. The first kappa shape index (κ1) is 18.0. The fourth-order valence-corrected chi connectivity index (χ4v) is 2.96. The van der Waals surface area contributed by atoms with Crippen LogP contribution < -0.4 is 5.32 Å². The number of pyridine rings is 1. The van der Waals surface area contributed by atoms with Gasteiger partial charge in [0.15, 0.2) is 0 Å². The zero-order chi connectivity index (χ0) is 17.5. The number of anilines is 1. The molecule has 0 amide bonds. The van der Waals surface area contributed by atoms with E-state index in [0.717, 1.165) is 17.0 Å². The first-order valence-corrected chi connectivity index (χ1v) is 8.27. The molecule has 0 saturated heterocycles. The quantitative estimate of drug-likeness (QED) is 0.807. The third-order valence-electron chi connectivity index (χ3n) is 4.10. The molecule has 2 atom stereocenters. The molecule has 2 rings (SSSR count). The van der Waals surface area contributed by atoms with Crippen molar-refractivity contribution in [3.05, 3.63) is 30.1 Å². The van der Waals surface area contributed by atoms with E-state index in [1.807, 2.05) is 25.3 Å². The predicted molar refractivity (Wildman–Crippen MR) is 91.2 cm³/mol. The molecule has 1 heterocycles. The lowest BCUT2D eigenvalue weighted by Crippen LogP contribution is -2.34. The van der Waals surface area contributed by atoms with Crippen molar-refractivity contribution in [1.29, 1.82) is 0 Å². The molecule has 6 heteroatoms. The van der Waals surface area contributed by atoms with E-state index in [1.54, 1.807) is 20.0 Å². The SMILES string of the molecule is CCOC(=O)[C@H]1CC=C(c2ncccc2NC)C[C@@H]1C(=O)OCC. The molecule has 0 spiro atoms. The molecule has 0 bridgehead atoms. The second-order valence-electron chi connectivity index (χ2n) is 5.54. The Labute approximate surface area is 142 Å². The summed E-state index contributed by atoms with van der Waals surface area (Å²) in [4.78, 5) is 29.0. The van der Waals surface area contributed by atoms with Gasteiger partial charge in [-0.05, 0) is 44.4 Å². The second-order valence-corrected chi connectivity index (χ2v) is 5.54. The number of allylic oxidation sites excluding steroid dienone is 2. The van der Waals surface area contributed by atoms with Gasteiger partial charge in [0.05, 0.1) is 36.4 Å². The third kappa shape index (κ3) is 3.93. The summed E-state index contributed by atoms with van der Waals surface area (Å²) in [5.74, 6) is -1.76. The molecule has 0 radical (unpaired) electrons. The minimum absolute atomic E-state index is 0.287. The van der Waals surface area contributed by atoms with Gasteiger partial charge < -0.3 is 14.8 Å². The normalized spacial score (nSPS) is 20.0. The Kier molecular flexibility index (Phi) is 6.35. The minimum Gasteiger partial charge on any atom is -0.466 e. The molecule has 0 fully saturated rings. The van der Waals surface area contributed by atoms with E-state index < -0.39 is 11.8 Å². The zero-order valence-corrected chi connectivity index (χ0v) is 14.4. The van der Waals surface area contributed by atoms with Gasteiger partial charge in [0.25, 0.3) is 0 Å². The van der Waals surface area contributed by atoms with Gasteiger partial charge in [0.1, 0.15) is 0 Å². The molecule has 0 saturated carbocycles. The summed E-state index contributed by atoms with van der Waals surface area (Å²) in [6, 6.07) is 3.78. The molecular weight excluding hydrogens is 308 g/mol. The van der Waals surface area contributed by atoms with Crippen molar-refractivity contribution < 1.29 is 19.1 Å². The van der Waals surface area contributed by atoms with E-state index in [1.165, 1.54) is 0 Å². The van der Waals surface area contributed by atoms with E-state index in [2.05, 4.69) is 10.3 Å². The van der Waals surface area contributed by atoms with Crippen LogP contribution in [0, 0.1) is 11.8 Å². The highest BCUT2D eigenvalue weighted by molar-refractivity contribution is 5.86. The van der Waals surface area contributed by atoms with Crippen molar-refractivity contribution in [2.45, 2.75) is 26.7 Å². The van der Waals surface area contributed by atoms with Crippen LogP contribution in [0.25, 0.3) is 5.57 Å². The summed E-state index contributed by atoms with van der Waals surface area (Å²) in [7, 11) is 1.83. The summed E-state index contributed by atoms with van der Waals surface area (Å²) < 4.78 is 10.3. The molecule has 1 aliphatic carbocycles. The molecule has 0 aromatic carbocycles. The molecule has 0 unspecified atom stereocenters. The summed E-state index contributed by atoms with van der Waals surface area (Å²) in [6.45, 7) is 4.10. The van der Waals surface area contributed by atoms with Crippen LogP contribution in [0.15, 0.2) is 24.4 Å². The molecule has 0 aliphatic heterocycles. The maximum atomic E-state index is 12.4. The van der Waals surface area contributed by atoms with Crippen molar-refractivity contribution in [2.75, 3.05) is 25.6 Å². The highest BCUT2D eigenvalue weighted by Crippen LogP contribution is 2.37. The van der Waals surface area contributed by atoms with Crippen molar-refractivity contribution >= 4 is 23.2 Å². The summed E-state index contributed by atoms with van der Waals surface area (Å²) in [5, 5.41) is 3.11. The molecular formula is C18H24N2O4. The van der Waals surface area contributed by atoms with E-state index in [-0.39, 0.29) is 18.5 Å². The number of hydrogen-bond donors (Lipinski definition) is 1. The smallest absolute Gasteiger partial charge is 0.310 e. The number of hydrogen-bond acceptors (Lipinski definition) is 6. The predicted octanol–water partition coefficient (Wildman–Crippen LogP) is 2.66. The van der Waals surface area contributed by atoms with Gasteiger partial charge in [-0.2, -0.15) is 0 Å². The number of carbonyl (C=O) groups excluding carboxylic acids is 2. The summed E-state index contributed by atoms with van der Waals surface area (Å²) in [6.07, 6.45) is 4.54. The van der Waals surface area contributed by atoms with Crippen LogP contribution in [0.3, 0.4) is 0 Å². The second kappa shape index (κ2) is 8.47. The summed E-state index contributed by atoms with van der Waals surface area (Å²) >= 11 is 0. The highest BCUT2D eigenvalue weighted by atomic mass is 16.5. The molecule has 1 N–H and O–H groups in total. The van der Waals surface area contributed by atoms with Crippen LogP contribution in [0.4, 0.5) is 5.69 Å². The summed E-state index contributed by atoms with van der Waals surface area (Å²) in [5.41, 5.74) is 2.64. The Bertz CT molecular complexity index is 627. The number of rotatable bonds is 6. The van der Waals surface area contributed by atoms with Gasteiger partial charge in [-0.3, -0.25) is 14.6 Å². The lowest BCUT2D eigenvalue weighted by Gasteiger charge is -2.28. The molecule has 130 valence electrons. The van der Waals surface area contributed by atoms with Crippen LogP contribution in [-0.2, 0) is 19.1 Å². The Balaban J connectivity index is 2.31. The van der Waals surface area contributed by atoms with Crippen LogP contribution in [-0.4, -0.2) is 37.2 Å². The minimum atomic E-state index is -0.546. The number of nitrogens with one attached hydrogen (secondary N) is 1. The number of esters is 2. The van der Waals surface area contributed by atoms with E-state index in [4.69, 9.17) is 9.47 Å². The van der Waals surface area contributed by atoms with Gasteiger partial charge in [0.2, 0.25) is 0 Å². The van der Waals surface area contributed by atoms with Gasteiger partial charge in [-0.25, -0.2) is 0 Å². The van der Waals surface area contributed by atoms with Crippen LogP contribution in [0.2, 0.25) is 0 Å². The average Bonchev–Trinajstić information content (AvgIpc) is 2.61. The molecule has 1 aromatic heterocycles. The fourth-order valence-electron chi connectivity index (χ4n) is 2.96. The van der Waals surface area contributed by atoms with Crippen LogP contribution in [0.1, 0.15) is 32.4 Å². The van der Waals surface area contributed by atoms with E-state index in [9.17, 15) is 9.59 Å². The third-order valence-corrected chi connectivity index (χ3v) is 4.10. The number of carbonyl (C=O) groups is 2. The topological polar surface area (TPSA) is 77.5 Å². The zero-order valence-electron chi connectivity index (χ0n) is 14.4. The Hall–Kier alpha value is -2.37. The first-order chi connectivity index (χ1) is 11.6. The van der Waals surface area contributed by atoms with Gasteiger partial charge in [-0.15, -0.1) is 0 Å². The molecule has 6 nitrogen and oxygen atoms in total. The maximum absolute atomic E-state index is 12.4. The van der Waals surface area contributed by atoms with Crippen molar-refractivity contribution in [1.82, 2.24) is 4.98 Å². The Morgan fingerprint density at radius 1 is 1.21 bits per heavy atom. The average molecular weight is 332 g/mol. The van der Waals surface area contributed by atoms with Crippen molar-refractivity contribution in [3.8, 4) is 0 Å². The van der Waals surface area contributed by atoms with Crippen molar-refractivity contribution in [3.63, 3.8) is 0 Å². The van der Waals surface area contributed by atoms with Gasteiger partial charge >= 0.3 is 11.9 Å². The lowest BCUT2D eigenvalue weighted by molar-refractivity contribution is -0.160. The Morgan fingerprint density at radius 3 is 2.50 bits per heavy atom. The Morgan fingerprint density at radius 2 is 1.88 bits per heavy atom. The molecule has 24 heavy (non-hydrogen) atoms. The van der Waals surface area contributed by atoms with Crippen LogP contribution >= 0.6 is 0 Å². The van der Waals surface area contributed by atoms with E-state index >= 15 is 0 Å². The van der Waals surface area contributed by atoms with Crippen molar-refractivity contribution in [2.24, 2.45) is 11.8 Å². The molecule has 1 aliphatic rings. The lowest BCUT2D eigenvalue weighted by atomic mass is 9.78. The van der Waals surface area contributed by atoms with Gasteiger partial charge in [0, 0.05) is 13.2 Å². The maximum Gasteiger partial charge on any atom is 0.310 e. The van der Waals surface area contributed by atoms with Gasteiger partial charge in [-0.1, -0.05) is 6.08 Å². The number of aromatic nitrogens is 1. The van der Waals surface area contributed by atoms with Crippen LogP contribution in [0.5, 0.6) is 0 Å². The largest absolute Gasteiger partial charge is 0.466 e. The van der Waals surface area contributed by atoms with E-state index in [0.29, 0.717) is 19.4 Å².